The number of hydrogen-bond donors (Lipinski definition) is 0. The number of carbonyl (C=O) groups excluding carboxylic acids is 1. The molecule has 0 heterocycles. The molecule has 0 saturated heterocycles. The minimum absolute atomic E-state index is 0.0796. The summed E-state index contributed by atoms with van der Waals surface area (Å²) in [7, 11) is 3.10. The molecule has 17 heavy (non-hydrogen) atoms. The molecule has 0 saturated carbocycles. The first-order valence-corrected chi connectivity index (χ1v) is 5.51. The number of ether oxygens (including phenoxy) is 3. The molecule has 94 valence electrons. The Morgan fingerprint density at radius 1 is 1.18 bits per heavy atom. The Kier molecular flexibility index (Phi) is 4.97. The van der Waals surface area contributed by atoms with Crippen LogP contribution in [0.2, 0.25) is 0 Å². The van der Waals surface area contributed by atoms with Crippen LogP contribution in [0.4, 0.5) is 0 Å². The summed E-state index contributed by atoms with van der Waals surface area (Å²) in [6.45, 7) is 4.10. The van der Waals surface area contributed by atoms with Gasteiger partial charge in [-0.15, -0.1) is 0 Å². The van der Waals surface area contributed by atoms with Gasteiger partial charge < -0.3 is 14.2 Å². The number of carbonyl (C=O) groups is 1. The van der Waals surface area contributed by atoms with Gasteiger partial charge in [0.15, 0.2) is 5.78 Å². The minimum atomic E-state index is -0.461. The summed E-state index contributed by atoms with van der Waals surface area (Å²) in [5.41, 5.74) is 0.530. The van der Waals surface area contributed by atoms with Crippen LogP contribution >= 0.6 is 0 Å². The standard InChI is InChI=1S/C13H18O4/c1-5-17-9(2)13(14)10-6-11(15-3)8-12(7-10)16-4/h6-9H,5H2,1-4H3. The second-order valence-corrected chi connectivity index (χ2v) is 3.56. The third kappa shape index (κ3) is 3.46. The molecule has 4 heteroatoms. The van der Waals surface area contributed by atoms with E-state index in [1.54, 1.807) is 39.3 Å². The third-order valence-corrected chi connectivity index (χ3v) is 2.42. The lowest BCUT2D eigenvalue weighted by Crippen LogP contribution is -2.20. The molecule has 1 unspecified atom stereocenters. The van der Waals surface area contributed by atoms with Crippen molar-refractivity contribution >= 4 is 5.78 Å². The van der Waals surface area contributed by atoms with Gasteiger partial charge in [0.1, 0.15) is 17.6 Å². The van der Waals surface area contributed by atoms with Gasteiger partial charge in [-0.25, -0.2) is 0 Å². The first kappa shape index (κ1) is 13.5. The quantitative estimate of drug-likeness (QED) is 0.713. The van der Waals surface area contributed by atoms with E-state index in [1.807, 2.05) is 6.92 Å². The van der Waals surface area contributed by atoms with Gasteiger partial charge in [0, 0.05) is 18.2 Å². The summed E-state index contributed by atoms with van der Waals surface area (Å²) in [6.07, 6.45) is -0.461. The Labute approximate surface area is 101 Å². The van der Waals surface area contributed by atoms with E-state index in [4.69, 9.17) is 14.2 Å². The van der Waals surface area contributed by atoms with Crippen molar-refractivity contribution in [1.29, 1.82) is 0 Å². The molecule has 1 atom stereocenters. The van der Waals surface area contributed by atoms with Crippen LogP contribution in [-0.2, 0) is 4.74 Å². The number of Topliss-reactive ketones (excluding diaryl/α,β-unsaturated/α-hetero) is 1. The fraction of sp³-hybridized carbons (Fsp3) is 0.462. The zero-order valence-electron chi connectivity index (χ0n) is 10.6. The first-order chi connectivity index (χ1) is 8.12. The van der Waals surface area contributed by atoms with Crippen LogP contribution in [0.25, 0.3) is 0 Å². The summed E-state index contributed by atoms with van der Waals surface area (Å²) in [5.74, 6) is 1.11. The molecular weight excluding hydrogens is 220 g/mol. The van der Waals surface area contributed by atoms with Gasteiger partial charge in [0.25, 0.3) is 0 Å². The van der Waals surface area contributed by atoms with Crippen molar-refractivity contribution in [2.75, 3.05) is 20.8 Å². The summed E-state index contributed by atoms with van der Waals surface area (Å²) in [4.78, 5) is 12.0. The Bertz CT molecular complexity index is 365. The molecule has 0 aliphatic heterocycles. The summed E-state index contributed by atoms with van der Waals surface area (Å²) in [5, 5.41) is 0. The lowest BCUT2D eigenvalue weighted by atomic mass is 10.1. The van der Waals surface area contributed by atoms with Gasteiger partial charge in [-0.05, 0) is 26.0 Å². The highest BCUT2D eigenvalue weighted by atomic mass is 16.5. The maximum Gasteiger partial charge on any atom is 0.191 e. The highest BCUT2D eigenvalue weighted by Crippen LogP contribution is 2.23. The predicted molar refractivity (Wildman–Crippen MR) is 65.0 cm³/mol. The average Bonchev–Trinajstić information content (AvgIpc) is 2.37. The van der Waals surface area contributed by atoms with Crippen molar-refractivity contribution in [3.63, 3.8) is 0 Å². The average molecular weight is 238 g/mol. The second-order valence-electron chi connectivity index (χ2n) is 3.56. The molecule has 0 amide bonds. The zero-order chi connectivity index (χ0) is 12.8. The van der Waals surface area contributed by atoms with Crippen LogP contribution in [0, 0.1) is 0 Å². The molecule has 0 fully saturated rings. The van der Waals surface area contributed by atoms with E-state index in [1.165, 1.54) is 0 Å². The van der Waals surface area contributed by atoms with Crippen LogP contribution in [0.5, 0.6) is 11.5 Å². The first-order valence-electron chi connectivity index (χ1n) is 5.51. The molecule has 1 aromatic rings. The molecule has 0 spiro atoms. The fourth-order valence-electron chi connectivity index (χ4n) is 1.51. The lowest BCUT2D eigenvalue weighted by Gasteiger charge is -2.12. The highest BCUT2D eigenvalue weighted by Gasteiger charge is 2.17. The maximum atomic E-state index is 12.0. The number of hydrogen-bond acceptors (Lipinski definition) is 4. The van der Waals surface area contributed by atoms with Crippen molar-refractivity contribution < 1.29 is 19.0 Å². The fourth-order valence-corrected chi connectivity index (χ4v) is 1.51. The third-order valence-electron chi connectivity index (χ3n) is 2.42. The molecule has 0 N–H and O–H groups in total. The number of rotatable bonds is 6. The van der Waals surface area contributed by atoms with E-state index >= 15 is 0 Å². The smallest absolute Gasteiger partial charge is 0.191 e. The predicted octanol–water partition coefficient (Wildman–Crippen LogP) is 2.31. The van der Waals surface area contributed by atoms with Crippen LogP contribution in [-0.4, -0.2) is 32.7 Å². The van der Waals surface area contributed by atoms with Crippen LogP contribution < -0.4 is 9.47 Å². The van der Waals surface area contributed by atoms with Crippen molar-refractivity contribution in [3.8, 4) is 11.5 Å². The van der Waals surface area contributed by atoms with E-state index < -0.39 is 6.10 Å². The zero-order valence-corrected chi connectivity index (χ0v) is 10.6. The lowest BCUT2D eigenvalue weighted by molar-refractivity contribution is 0.0520. The Hall–Kier alpha value is -1.55. The van der Waals surface area contributed by atoms with Gasteiger partial charge in [-0.1, -0.05) is 0 Å². The van der Waals surface area contributed by atoms with E-state index in [0.717, 1.165) is 0 Å². The number of ketones is 1. The molecular formula is C13H18O4. The van der Waals surface area contributed by atoms with Crippen LogP contribution in [0.3, 0.4) is 0 Å². The van der Waals surface area contributed by atoms with Gasteiger partial charge in [-0.3, -0.25) is 4.79 Å². The van der Waals surface area contributed by atoms with Crippen LogP contribution in [0.1, 0.15) is 24.2 Å². The number of methoxy groups -OCH3 is 2. The van der Waals surface area contributed by atoms with Gasteiger partial charge in [-0.2, -0.15) is 0 Å². The van der Waals surface area contributed by atoms with Gasteiger partial charge >= 0.3 is 0 Å². The van der Waals surface area contributed by atoms with Crippen molar-refractivity contribution in [2.45, 2.75) is 20.0 Å². The molecule has 0 bridgehead atoms. The minimum Gasteiger partial charge on any atom is -0.497 e. The van der Waals surface area contributed by atoms with E-state index in [-0.39, 0.29) is 5.78 Å². The normalized spacial score (nSPS) is 12.0. The molecule has 0 aliphatic carbocycles. The van der Waals surface area contributed by atoms with Crippen molar-refractivity contribution in [2.24, 2.45) is 0 Å². The van der Waals surface area contributed by atoms with E-state index in [9.17, 15) is 4.79 Å². The topological polar surface area (TPSA) is 44.8 Å². The van der Waals surface area contributed by atoms with E-state index in [2.05, 4.69) is 0 Å². The molecule has 0 radical (unpaired) electrons. The SMILES string of the molecule is CCOC(C)C(=O)c1cc(OC)cc(OC)c1. The Balaban J connectivity index is 2.99. The highest BCUT2D eigenvalue weighted by molar-refractivity contribution is 5.99. The van der Waals surface area contributed by atoms with Crippen molar-refractivity contribution in [3.05, 3.63) is 23.8 Å². The Morgan fingerprint density at radius 2 is 1.71 bits per heavy atom. The summed E-state index contributed by atoms with van der Waals surface area (Å²) >= 11 is 0. The maximum absolute atomic E-state index is 12.0. The molecule has 1 aromatic carbocycles. The van der Waals surface area contributed by atoms with Gasteiger partial charge in [0.05, 0.1) is 14.2 Å². The molecule has 4 nitrogen and oxygen atoms in total. The summed E-state index contributed by atoms with van der Waals surface area (Å²) < 4.78 is 15.5. The Morgan fingerprint density at radius 3 is 2.12 bits per heavy atom. The van der Waals surface area contributed by atoms with Gasteiger partial charge in [0.2, 0.25) is 0 Å². The van der Waals surface area contributed by atoms with Crippen molar-refractivity contribution in [1.82, 2.24) is 0 Å². The molecule has 0 aliphatic rings. The molecule has 0 aromatic heterocycles. The molecule has 1 rings (SSSR count). The van der Waals surface area contributed by atoms with E-state index in [0.29, 0.717) is 23.7 Å². The largest absolute Gasteiger partial charge is 0.497 e. The monoisotopic (exact) mass is 238 g/mol. The second kappa shape index (κ2) is 6.25. The number of benzene rings is 1. The van der Waals surface area contributed by atoms with Crippen LogP contribution in [0.15, 0.2) is 18.2 Å². The summed E-state index contributed by atoms with van der Waals surface area (Å²) in [6, 6.07) is 5.09.